The molecule has 0 radical (unpaired) electrons. The summed E-state index contributed by atoms with van der Waals surface area (Å²) in [6.45, 7) is 3.35. The van der Waals surface area contributed by atoms with Crippen LogP contribution in [0.15, 0.2) is 54.7 Å². The lowest BCUT2D eigenvalue weighted by Gasteiger charge is -2.23. The summed E-state index contributed by atoms with van der Waals surface area (Å²) in [5, 5.41) is 9.71. The van der Waals surface area contributed by atoms with Crippen LogP contribution < -0.4 is 9.64 Å². The van der Waals surface area contributed by atoms with Gasteiger partial charge in [0.2, 0.25) is 0 Å². The van der Waals surface area contributed by atoms with E-state index < -0.39 is 0 Å². The normalized spacial score (nSPS) is 14.0. The molecule has 1 aromatic heterocycles. The third-order valence-electron chi connectivity index (χ3n) is 6.16. The molecule has 0 atom stereocenters. The smallest absolute Gasteiger partial charge is 0.137 e. The van der Waals surface area contributed by atoms with E-state index in [1.807, 2.05) is 24.3 Å². The van der Waals surface area contributed by atoms with Crippen molar-refractivity contribution in [2.75, 3.05) is 52.3 Å². The van der Waals surface area contributed by atoms with E-state index in [0.717, 1.165) is 48.6 Å². The SMILES string of the molecule is CN(C)CCN(C)c1cccc(Cc2nccc(-c3ccc(OC4CCOCC4)c(C#N)c3)n2)c1. The van der Waals surface area contributed by atoms with Crippen LogP contribution in [0.2, 0.25) is 0 Å². The quantitative estimate of drug-likeness (QED) is 0.464. The fourth-order valence-electron chi connectivity index (χ4n) is 4.06. The average Bonchev–Trinajstić information content (AvgIpc) is 2.88. The van der Waals surface area contributed by atoms with E-state index in [-0.39, 0.29) is 6.10 Å². The highest BCUT2D eigenvalue weighted by atomic mass is 16.5. The minimum absolute atomic E-state index is 0.0880. The molecule has 2 heterocycles. The second-order valence-corrected chi connectivity index (χ2v) is 9.18. The highest BCUT2D eigenvalue weighted by molar-refractivity contribution is 5.64. The van der Waals surface area contributed by atoms with Crippen LogP contribution >= 0.6 is 0 Å². The monoisotopic (exact) mass is 471 g/mol. The Morgan fingerprint density at radius 1 is 1.06 bits per heavy atom. The summed E-state index contributed by atoms with van der Waals surface area (Å²) in [7, 11) is 6.28. The molecule has 35 heavy (non-hydrogen) atoms. The van der Waals surface area contributed by atoms with Crippen molar-refractivity contribution >= 4 is 5.69 Å². The van der Waals surface area contributed by atoms with Crippen molar-refractivity contribution in [3.63, 3.8) is 0 Å². The first kappa shape index (κ1) is 24.6. The third kappa shape index (κ3) is 6.78. The second kappa shape index (κ2) is 11.8. The van der Waals surface area contributed by atoms with Gasteiger partial charge in [-0.05, 0) is 56.1 Å². The molecule has 0 saturated carbocycles. The lowest BCUT2D eigenvalue weighted by molar-refractivity contribution is 0.0254. The number of ether oxygens (including phenoxy) is 2. The molecular weight excluding hydrogens is 438 g/mol. The molecule has 0 amide bonds. The van der Waals surface area contributed by atoms with E-state index in [1.54, 1.807) is 6.20 Å². The molecule has 3 aromatic rings. The summed E-state index contributed by atoms with van der Waals surface area (Å²) in [6.07, 6.45) is 4.19. The molecule has 0 unspecified atom stereocenters. The number of nitriles is 1. The van der Waals surface area contributed by atoms with Crippen LogP contribution in [-0.4, -0.2) is 68.4 Å². The minimum atomic E-state index is 0.0880. The Hall–Kier alpha value is -3.47. The molecular formula is C28H33N5O2. The molecule has 7 nitrogen and oxygen atoms in total. The van der Waals surface area contributed by atoms with Gasteiger partial charge in [-0.25, -0.2) is 9.97 Å². The van der Waals surface area contributed by atoms with E-state index in [1.165, 1.54) is 5.69 Å². The van der Waals surface area contributed by atoms with Crippen LogP contribution in [0.5, 0.6) is 5.75 Å². The van der Waals surface area contributed by atoms with Gasteiger partial charge in [-0.3, -0.25) is 0 Å². The zero-order valence-corrected chi connectivity index (χ0v) is 20.8. The van der Waals surface area contributed by atoms with Gasteiger partial charge in [-0.1, -0.05) is 12.1 Å². The van der Waals surface area contributed by atoms with Crippen molar-refractivity contribution in [3.05, 3.63) is 71.7 Å². The Labute approximate surface area is 207 Å². The van der Waals surface area contributed by atoms with Gasteiger partial charge in [-0.15, -0.1) is 0 Å². The summed E-state index contributed by atoms with van der Waals surface area (Å²) < 4.78 is 11.5. The second-order valence-electron chi connectivity index (χ2n) is 9.18. The number of anilines is 1. The van der Waals surface area contributed by atoms with E-state index >= 15 is 0 Å². The van der Waals surface area contributed by atoms with Gasteiger partial charge in [0.25, 0.3) is 0 Å². The van der Waals surface area contributed by atoms with Crippen molar-refractivity contribution < 1.29 is 9.47 Å². The maximum absolute atomic E-state index is 9.71. The van der Waals surface area contributed by atoms with Crippen molar-refractivity contribution in [1.82, 2.24) is 14.9 Å². The Bertz CT molecular complexity index is 1170. The van der Waals surface area contributed by atoms with E-state index in [9.17, 15) is 5.26 Å². The summed E-state index contributed by atoms with van der Waals surface area (Å²) in [5.74, 6) is 1.37. The van der Waals surface area contributed by atoms with Crippen molar-refractivity contribution in [3.8, 4) is 23.1 Å². The zero-order chi connectivity index (χ0) is 24.6. The standard InChI is InChI=1S/C28H33N5O2/c1-32(2)13-14-33(3)24-6-4-5-21(17-24)18-28-30-12-9-26(31-28)22-7-8-27(23(19-22)20-29)35-25-10-15-34-16-11-25/h4-9,12,17,19,25H,10-11,13-16,18H2,1-3H3. The lowest BCUT2D eigenvalue weighted by Crippen LogP contribution is -2.28. The molecule has 0 N–H and O–H groups in total. The number of rotatable bonds is 9. The fourth-order valence-corrected chi connectivity index (χ4v) is 4.06. The average molecular weight is 472 g/mol. The van der Waals surface area contributed by atoms with Crippen LogP contribution in [0.25, 0.3) is 11.3 Å². The fraction of sp³-hybridized carbons (Fsp3) is 0.393. The molecule has 1 aliphatic heterocycles. The first-order valence-corrected chi connectivity index (χ1v) is 12.1. The topological polar surface area (TPSA) is 74.5 Å². The molecule has 4 rings (SSSR count). The Morgan fingerprint density at radius 3 is 2.66 bits per heavy atom. The Balaban J connectivity index is 1.48. The van der Waals surface area contributed by atoms with E-state index in [2.05, 4.69) is 66.3 Å². The van der Waals surface area contributed by atoms with Gasteiger partial charge in [-0.2, -0.15) is 5.26 Å². The minimum Gasteiger partial charge on any atom is -0.489 e. The number of hydrogen-bond acceptors (Lipinski definition) is 7. The highest BCUT2D eigenvalue weighted by Crippen LogP contribution is 2.28. The van der Waals surface area contributed by atoms with Gasteiger partial charge in [0.05, 0.1) is 24.5 Å². The molecule has 0 bridgehead atoms. The molecule has 1 saturated heterocycles. The van der Waals surface area contributed by atoms with E-state index in [4.69, 9.17) is 14.5 Å². The van der Waals surface area contributed by atoms with Crippen LogP contribution in [0.1, 0.15) is 29.8 Å². The maximum atomic E-state index is 9.71. The van der Waals surface area contributed by atoms with E-state index in [0.29, 0.717) is 30.9 Å². The largest absolute Gasteiger partial charge is 0.489 e. The Morgan fingerprint density at radius 2 is 1.89 bits per heavy atom. The first-order chi connectivity index (χ1) is 17.0. The van der Waals surface area contributed by atoms with Gasteiger partial charge >= 0.3 is 0 Å². The zero-order valence-electron chi connectivity index (χ0n) is 20.8. The predicted octanol–water partition coefficient (Wildman–Crippen LogP) is 4.16. The molecule has 182 valence electrons. The van der Waals surface area contributed by atoms with Crippen molar-refractivity contribution in [1.29, 1.82) is 5.26 Å². The highest BCUT2D eigenvalue weighted by Gasteiger charge is 2.17. The van der Waals surface area contributed by atoms with Crippen LogP contribution in [0.3, 0.4) is 0 Å². The number of hydrogen-bond donors (Lipinski definition) is 0. The summed E-state index contributed by atoms with van der Waals surface area (Å²) in [6, 6.07) is 18.3. The number of likely N-dealkylation sites (N-methyl/N-ethyl adjacent to an activating group) is 2. The van der Waals surface area contributed by atoms with Crippen LogP contribution in [0, 0.1) is 11.3 Å². The van der Waals surface area contributed by atoms with Gasteiger partial charge in [0.15, 0.2) is 0 Å². The first-order valence-electron chi connectivity index (χ1n) is 12.1. The maximum Gasteiger partial charge on any atom is 0.137 e. The van der Waals surface area contributed by atoms with Crippen molar-refractivity contribution in [2.24, 2.45) is 0 Å². The summed E-state index contributed by atoms with van der Waals surface area (Å²) in [4.78, 5) is 13.7. The molecule has 2 aromatic carbocycles. The number of aromatic nitrogens is 2. The third-order valence-corrected chi connectivity index (χ3v) is 6.16. The van der Waals surface area contributed by atoms with Gasteiger partial charge in [0, 0.05) is 56.8 Å². The molecule has 0 aliphatic carbocycles. The van der Waals surface area contributed by atoms with Crippen LogP contribution in [-0.2, 0) is 11.2 Å². The number of benzene rings is 2. The molecule has 1 fully saturated rings. The molecule has 1 aliphatic rings. The Kier molecular flexibility index (Phi) is 8.30. The lowest BCUT2D eigenvalue weighted by atomic mass is 10.1. The van der Waals surface area contributed by atoms with Gasteiger partial charge in [0.1, 0.15) is 23.7 Å². The molecule has 7 heteroatoms. The molecule has 0 spiro atoms. The van der Waals surface area contributed by atoms with Crippen LogP contribution in [0.4, 0.5) is 5.69 Å². The summed E-state index contributed by atoms with van der Waals surface area (Å²) in [5.41, 5.74) is 4.53. The van der Waals surface area contributed by atoms with Crippen molar-refractivity contribution in [2.45, 2.75) is 25.4 Å². The number of nitrogens with zero attached hydrogens (tertiary/aromatic N) is 5. The summed E-state index contributed by atoms with van der Waals surface area (Å²) >= 11 is 0. The van der Waals surface area contributed by atoms with Gasteiger partial charge < -0.3 is 19.3 Å². The predicted molar refractivity (Wildman–Crippen MR) is 138 cm³/mol.